The Labute approximate surface area is 106 Å². The first-order chi connectivity index (χ1) is 7.99. The van der Waals surface area contributed by atoms with E-state index < -0.39 is 4.92 Å². The van der Waals surface area contributed by atoms with Gasteiger partial charge < -0.3 is 0 Å². The zero-order valence-electron chi connectivity index (χ0n) is 8.47. The van der Waals surface area contributed by atoms with Crippen molar-refractivity contribution in [1.29, 1.82) is 0 Å². The fraction of sp³-hybridized carbons (Fsp3) is 0.333. The standard InChI is InChI=1S/C9H7Cl2N3O3/c10-5-1-7(14(16)17)9(12-3-5)13-4-6(11)2-8(13)15/h1,3,6H,2,4H2. The molecule has 1 aromatic heterocycles. The topological polar surface area (TPSA) is 76.3 Å². The van der Waals surface area contributed by atoms with Crippen LogP contribution in [0.2, 0.25) is 5.02 Å². The number of carbonyl (C=O) groups is 1. The van der Waals surface area contributed by atoms with Crippen LogP contribution in [0.4, 0.5) is 11.5 Å². The molecule has 8 heteroatoms. The van der Waals surface area contributed by atoms with Gasteiger partial charge in [0.1, 0.15) is 0 Å². The predicted octanol–water partition coefficient (Wildman–Crippen LogP) is 1.99. The van der Waals surface area contributed by atoms with E-state index in [4.69, 9.17) is 23.2 Å². The lowest BCUT2D eigenvalue weighted by Crippen LogP contribution is -2.26. The SMILES string of the molecule is O=C1CC(Cl)CN1c1ncc(Cl)cc1[N+](=O)[O-]. The van der Waals surface area contributed by atoms with Crippen LogP contribution < -0.4 is 4.90 Å². The second-order valence-corrected chi connectivity index (χ2v) is 4.61. The van der Waals surface area contributed by atoms with Gasteiger partial charge in [-0.05, 0) is 0 Å². The Bertz CT molecular complexity index is 494. The molecule has 2 rings (SSSR count). The van der Waals surface area contributed by atoms with Crippen LogP contribution in [-0.4, -0.2) is 27.7 Å². The molecule has 1 fully saturated rings. The molecule has 0 spiro atoms. The summed E-state index contributed by atoms with van der Waals surface area (Å²) < 4.78 is 0. The molecule has 1 aliphatic rings. The summed E-state index contributed by atoms with van der Waals surface area (Å²) in [6, 6.07) is 1.17. The molecule has 1 aromatic rings. The molecule has 2 heterocycles. The monoisotopic (exact) mass is 275 g/mol. The molecule has 1 aliphatic heterocycles. The second kappa shape index (κ2) is 4.46. The number of nitrogens with zero attached hydrogens (tertiary/aromatic N) is 3. The molecule has 17 heavy (non-hydrogen) atoms. The fourth-order valence-corrected chi connectivity index (χ4v) is 2.05. The summed E-state index contributed by atoms with van der Waals surface area (Å²) in [4.78, 5) is 26.9. The minimum absolute atomic E-state index is 0.00690. The number of nitro groups is 1. The molecule has 1 unspecified atom stereocenters. The number of anilines is 1. The maximum atomic E-state index is 11.6. The second-order valence-electron chi connectivity index (χ2n) is 3.56. The Hall–Kier alpha value is -1.40. The van der Waals surface area contributed by atoms with Crippen molar-refractivity contribution in [2.45, 2.75) is 11.8 Å². The molecule has 0 saturated carbocycles. The number of alkyl halides is 1. The van der Waals surface area contributed by atoms with Gasteiger partial charge in [0.05, 0.1) is 15.3 Å². The van der Waals surface area contributed by atoms with Crippen LogP contribution >= 0.6 is 23.2 Å². The lowest BCUT2D eigenvalue weighted by atomic mass is 10.3. The van der Waals surface area contributed by atoms with E-state index in [1.165, 1.54) is 17.2 Å². The summed E-state index contributed by atoms with van der Waals surface area (Å²) >= 11 is 11.5. The van der Waals surface area contributed by atoms with E-state index in [1.807, 2.05) is 0 Å². The first kappa shape index (κ1) is 12.1. The number of halogens is 2. The Morgan fingerprint density at radius 3 is 2.82 bits per heavy atom. The number of hydrogen-bond acceptors (Lipinski definition) is 4. The van der Waals surface area contributed by atoms with Gasteiger partial charge in [0.2, 0.25) is 11.7 Å². The van der Waals surface area contributed by atoms with Crippen LogP contribution in [-0.2, 0) is 4.79 Å². The zero-order valence-corrected chi connectivity index (χ0v) is 9.98. The van der Waals surface area contributed by atoms with Gasteiger partial charge in [-0.25, -0.2) is 4.98 Å². The predicted molar refractivity (Wildman–Crippen MR) is 62.5 cm³/mol. The number of aromatic nitrogens is 1. The maximum Gasteiger partial charge on any atom is 0.313 e. The van der Waals surface area contributed by atoms with Gasteiger partial charge in [-0.1, -0.05) is 11.6 Å². The highest BCUT2D eigenvalue weighted by Crippen LogP contribution is 2.32. The van der Waals surface area contributed by atoms with Crippen molar-refractivity contribution < 1.29 is 9.72 Å². The first-order valence-corrected chi connectivity index (χ1v) is 5.55. The molecule has 0 N–H and O–H groups in total. The quantitative estimate of drug-likeness (QED) is 0.470. The van der Waals surface area contributed by atoms with Gasteiger partial charge in [0.25, 0.3) is 0 Å². The van der Waals surface area contributed by atoms with E-state index in [1.54, 1.807) is 0 Å². The lowest BCUT2D eigenvalue weighted by Gasteiger charge is -2.14. The van der Waals surface area contributed by atoms with Crippen molar-refractivity contribution in [3.05, 3.63) is 27.4 Å². The van der Waals surface area contributed by atoms with Crippen LogP contribution in [0.25, 0.3) is 0 Å². The molecule has 1 saturated heterocycles. The van der Waals surface area contributed by atoms with E-state index >= 15 is 0 Å². The van der Waals surface area contributed by atoms with Crippen LogP contribution in [0.15, 0.2) is 12.3 Å². The van der Waals surface area contributed by atoms with Gasteiger partial charge in [0, 0.05) is 25.2 Å². The van der Waals surface area contributed by atoms with Crippen LogP contribution in [0, 0.1) is 10.1 Å². The lowest BCUT2D eigenvalue weighted by molar-refractivity contribution is -0.384. The highest BCUT2D eigenvalue weighted by atomic mass is 35.5. The first-order valence-electron chi connectivity index (χ1n) is 4.73. The van der Waals surface area contributed by atoms with E-state index in [0.717, 1.165) is 0 Å². The molecule has 1 atom stereocenters. The van der Waals surface area contributed by atoms with Crippen molar-refractivity contribution in [3.8, 4) is 0 Å². The number of rotatable bonds is 2. The Balaban J connectivity index is 2.45. The third-order valence-electron chi connectivity index (χ3n) is 2.34. The molecule has 0 aliphatic carbocycles. The van der Waals surface area contributed by atoms with E-state index in [2.05, 4.69) is 4.98 Å². The van der Waals surface area contributed by atoms with Crippen molar-refractivity contribution in [3.63, 3.8) is 0 Å². The molecular weight excluding hydrogens is 269 g/mol. The molecular formula is C9H7Cl2N3O3. The zero-order chi connectivity index (χ0) is 12.6. The summed E-state index contributed by atoms with van der Waals surface area (Å²) in [5, 5.41) is 10.7. The molecule has 0 bridgehead atoms. The van der Waals surface area contributed by atoms with Gasteiger partial charge in [-0.2, -0.15) is 0 Å². The summed E-state index contributed by atoms with van der Waals surface area (Å²) in [6.07, 6.45) is 1.42. The normalized spacial score (nSPS) is 19.8. The van der Waals surface area contributed by atoms with E-state index in [-0.39, 0.29) is 40.8 Å². The third kappa shape index (κ3) is 2.32. The smallest absolute Gasteiger partial charge is 0.289 e. The van der Waals surface area contributed by atoms with Crippen molar-refractivity contribution in [2.75, 3.05) is 11.4 Å². The van der Waals surface area contributed by atoms with Gasteiger partial charge in [-0.3, -0.25) is 19.8 Å². The minimum atomic E-state index is -0.622. The van der Waals surface area contributed by atoms with Crippen molar-refractivity contribution in [1.82, 2.24) is 4.98 Å². The van der Waals surface area contributed by atoms with Gasteiger partial charge in [-0.15, -0.1) is 11.6 Å². The highest BCUT2D eigenvalue weighted by Gasteiger charge is 2.34. The largest absolute Gasteiger partial charge is 0.313 e. The average molecular weight is 276 g/mol. The fourth-order valence-electron chi connectivity index (χ4n) is 1.63. The number of amides is 1. The van der Waals surface area contributed by atoms with Crippen LogP contribution in [0.3, 0.4) is 0 Å². The average Bonchev–Trinajstić information content (AvgIpc) is 2.57. The molecule has 1 amide bonds. The van der Waals surface area contributed by atoms with Crippen LogP contribution in [0.5, 0.6) is 0 Å². The maximum absolute atomic E-state index is 11.6. The van der Waals surface area contributed by atoms with Crippen LogP contribution in [0.1, 0.15) is 6.42 Å². The summed E-state index contributed by atoms with van der Waals surface area (Å²) in [5.74, 6) is -0.282. The Morgan fingerprint density at radius 1 is 1.59 bits per heavy atom. The van der Waals surface area contributed by atoms with Gasteiger partial charge >= 0.3 is 5.69 Å². The molecule has 6 nitrogen and oxygen atoms in total. The summed E-state index contributed by atoms with van der Waals surface area (Å²) in [7, 11) is 0. The number of carbonyl (C=O) groups excluding carboxylic acids is 1. The van der Waals surface area contributed by atoms with E-state index in [9.17, 15) is 14.9 Å². The molecule has 0 aromatic carbocycles. The third-order valence-corrected chi connectivity index (χ3v) is 2.84. The number of hydrogen-bond donors (Lipinski definition) is 0. The Morgan fingerprint density at radius 2 is 2.29 bits per heavy atom. The Kier molecular flexibility index (Phi) is 3.17. The van der Waals surface area contributed by atoms with Crippen molar-refractivity contribution in [2.24, 2.45) is 0 Å². The number of pyridine rings is 1. The van der Waals surface area contributed by atoms with Gasteiger partial charge in [0.15, 0.2) is 0 Å². The van der Waals surface area contributed by atoms with E-state index in [0.29, 0.717) is 0 Å². The summed E-state index contributed by atoms with van der Waals surface area (Å²) in [5.41, 5.74) is -0.295. The highest BCUT2D eigenvalue weighted by molar-refractivity contribution is 6.30. The molecule has 90 valence electrons. The molecule has 0 radical (unpaired) electrons. The van der Waals surface area contributed by atoms with Crippen molar-refractivity contribution >= 4 is 40.6 Å². The minimum Gasteiger partial charge on any atom is -0.289 e. The summed E-state index contributed by atoms with van der Waals surface area (Å²) in [6.45, 7) is 0.218.